The summed E-state index contributed by atoms with van der Waals surface area (Å²) in [6.07, 6.45) is 4.60. The molecule has 1 amide bonds. The summed E-state index contributed by atoms with van der Waals surface area (Å²) in [6.45, 7) is 10.3. The highest BCUT2D eigenvalue weighted by Gasteiger charge is 2.47. The Morgan fingerprint density at radius 3 is 2.29 bits per heavy atom. The summed E-state index contributed by atoms with van der Waals surface area (Å²) in [4.78, 5) is 30.3. The van der Waals surface area contributed by atoms with Crippen molar-refractivity contribution in [2.75, 3.05) is 33.0 Å². The van der Waals surface area contributed by atoms with E-state index in [4.69, 9.17) is 18.9 Å². The number of aliphatic carboxylic acids is 1. The summed E-state index contributed by atoms with van der Waals surface area (Å²) in [6, 6.07) is 5.32. The molecule has 0 aromatic heterocycles. The zero-order valence-corrected chi connectivity index (χ0v) is 23.1. The molecule has 3 heterocycles. The molecule has 9 nitrogen and oxygen atoms in total. The Kier molecular flexibility index (Phi) is 9.41. The Morgan fingerprint density at radius 1 is 1.00 bits per heavy atom. The largest absolute Gasteiger partial charge is 0.481 e. The van der Waals surface area contributed by atoms with Crippen LogP contribution in [0.4, 0.5) is 0 Å². The molecule has 4 rings (SSSR count). The lowest BCUT2D eigenvalue weighted by atomic mass is 9.83. The lowest BCUT2D eigenvalue weighted by Crippen LogP contribution is -2.45. The summed E-state index contributed by atoms with van der Waals surface area (Å²) in [7, 11) is 0. The fourth-order valence-corrected chi connectivity index (χ4v) is 5.68. The fourth-order valence-electron chi connectivity index (χ4n) is 5.68. The first-order chi connectivity index (χ1) is 18.3. The van der Waals surface area contributed by atoms with Crippen molar-refractivity contribution < 1.29 is 33.6 Å². The Morgan fingerprint density at radius 2 is 1.66 bits per heavy atom. The quantitative estimate of drug-likeness (QED) is 0.391. The van der Waals surface area contributed by atoms with Crippen LogP contribution >= 0.6 is 0 Å². The van der Waals surface area contributed by atoms with Gasteiger partial charge in [-0.15, -0.1) is 0 Å². The summed E-state index contributed by atoms with van der Waals surface area (Å²) in [5.74, 6) is 1.04. The van der Waals surface area contributed by atoms with Crippen molar-refractivity contribution in [1.29, 1.82) is 0 Å². The third-order valence-electron chi connectivity index (χ3n) is 7.92. The highest BCUT2D eigenvalue weighted by atomic mass is 16.7. The van der Waals surface area contributed by atoms with Crippen molar-refractivity contribution in [1.82, 2.24) is 9.80 Å². The van der Waals surface area contributed by atoms with Gasteiger partial charge in [0.05, 0.1) is 12.5 Å². The number of carbonyl (C=O) groups is 2. The van der Waals surface area contributed by atoms with Crippen molar-refractivity contribution in [3.05, 3.63) is 35.3 Å². The average Bonchev–Trinajstić information content (AvgIpc) is 3.59. The SMILES string of the molecule is CCCCN(CCCC)C(=O)CN1C[C@H](c2ccc3c(c2)OCO3)[C@@H](C(=O)O)[C@@H]1CCC1OC(C)=C(C)O1. The highest BCUT2D eigenvalue weighted by molar-refractivity contribution is 5.79. The van der Waals surface area contributed by atoms with Crippen molar-refractivity contribution in [2.24, 2.45) is 5.92 Å². The monoisotopic (exact) mass is 530 g/mol. The topological polar surface area (TPSA) is 97.8 Å². The molecule has 1 N–H and O–H groups in total. The maximum Gasteiger partial charge on any atom is 0.308 e. The zero-order valence-electron chi connectivity index (χ0n) is 23.1. The van der Waals surface area contributed by atoms with Crippen molar-refractivity contribution in [3.8, 4) is 11.5 Å². The number of nitrogens with zero attached hydrogens (tertiary/aromatic N) is 2. The van der Waals surface area contributed by atoms with E-state index in [2.05, 4.69) is 18.7 Å². The van der Waals surface area contributed by atoms with E-state index in [-0.39, 0.29) is 31.2 Å². The number of carboxylic acids is 1. The molecular weight excluding hydrogens is 488 g/mol. The van der Waals surface area contributed by atoms with Crippen LogP contribution in [0.2, 0.25) is 0 Å². The van der Waals surface area contributed by atoms with Crippen LogP contribution in [-0.2, 0) is 19.1 Å². The van der Waals surface area contributed by atoms with Crippen LogP contribution < -0.4 is 9.47 Å². The van der Waals surface area contributed by atoms with E-state index in [1.807, 2.05) is 36.9 Å². The number of hydrogen-bond donors (Lipinski definition) is 1. The van der Waals surface area contributed by atoms with E-state index < -0.39 is 18.2 Å². The van der Waals surface area contributed by atoms with Crippen LogP contribution in [0.3, 0.4) is 0 Å². The molecule has 9 heteroatoms. The minimum atomic E-state index is -0.861. The molecule has 0 saturated carbocycles. The molecule has 1 fully saturated rings. The van der Waals surface area contributed by atoms with E-state index in [1.165, 1.54) is 0 Å². The van der Waals surface area contributed by atoms with E-state index in [0.29, 0.717) is 30.9 Å². The molecule has 3 atom stereocenters. The summed E-state index contributed by atoms with van der Waals surface area (Å²) < 4.78 is 22.7. The molecule has 0 unspecified atom stereocenters. The standard InChI is InChI=1S/C29H42N2O7/c1-5-7-13-30(14-8-6-2)26(32)17-31-16-22(21-9-11-24-25(15-21)36-18-35-24)28(29(33)34)23(31)10-12-27-37-19(3)20(4)38-27/h9,11,15,22-23,27-28H,5-8,10,12-14,16-18H2,1-4H3,(H,33,34)/t22-,23+,28-/m1/s1. The molecular formula is C29H42N2O7. The Bertz CT molecular complexity index is 1000. The second kappa shape index (κ2) is 12.7. The number of likely N-dealkylation sites (tertiary alicyclic amines) is 1. The van der Waals surface area contributed by atoms with Crippen LogP contribution in [-0.4, -0.2) is 72.1 Å². The van der Waals surface area contributed by atoms with Crippen LogP contribution in [0, 0.1) is 5.92 Å². The smallest absolute Gasteiger partial charge is 0.308 e. The summed E-state index contributed by atoms with van der Waals surface area (Å²) in [5.41, 5.74) is 0.886. The van der Waals surface area contributed by atoms with E-state index in [1.54, 1.807) is 0 Å². The van der Waals surface area contributed by atoms with Gasteiger partial charge in [0.25, 0.3) is 0 Å². The molecule has 0 radical (unpaired) electrons. The molecule has 1 aromatic carbocycles. The number of amides is 1. The van der Waals surface area contributed by atoms with Gasteiger partial charge in [0.15, 0.2) is 11.5 Å². The maximum absolute atomic E-state index is 13.5. The Hall–Kier alpha value is -2.94. The number of hydrogen-bond acceptors (Lipinski definition) is 7. The molecule has 210 valence electrons. The summed E-state index contributed by atoms with van der Waals surface area (Å²) >= 11 is 0. The first-order valence-electron chi connectivity index (χ1n) is 14.0. The van der Waals surface area contributed by atoms with Crippen LogP contribution in [0.15, 0.2) is 29.7 Å². The minimum Gasteiger partial charge on any atom is -0.481 e. The van der Waals surface area contributed by atoms with Gasteiger partial charge in [-0.3, -0.25) is 14.5 Å². The molecule has 3 aliphatic rings. The first kappa shape index (κ1) is 28.1. The van der Waals surface area contributed by atoms with E-state index in [0.717, 1.165) is 55.9 Å². The third-order valence-corrected chi connectivity index (χ3v) is 7.92. The van der Waals surface area contributed by atoms with E-state index in [9.17, 15) is 14.7 Å². The molecule has 3 aliphatic heterocycles. The second-order valence-electron chi connectivity index (χ2n) is 10.5. The van der Waals surface area contributed by atoms with Gasteiger partial charge in [-0.1, -0.05) is 32.8 Å². The number of unbranched alkanes of at least 4 members (excludes halogenated alkanes) is 2. The number of benzene rings is 1. The van der Waals surface area contributed by atoms with Gasteiger partial charge >= 0.3 is 5.97 Å². The molecule has 38 heavy (non-hydrogen) atoms. The van der Waals surface area contributed by atoms with Gasteiger partial charge in [-0.05, 0) is 50.8 Å². The van der Waals surface area contributed by atoms with Gasteiger partial charge in [0.1, 0.15) is 11.5 Å². The number of fused-ring (bicyclic) bond motifs is 1. The summed E-state index contributed by atoms with van der Waals surface area (Å²) in [5, 5.41) is 10.4. The van der Waals surface area contributed by atoms with Crippen molar-refractivity contribution in [2.45, 2.75) is 84.5 Å². The molecule has 1 saturated heterocycles. The number of allylic oxidation sites excluding steroid dienone is 2. The zero-order chi connectivity index (χ0) is 27.2. The Balaban J connectivity index is 1.56. The highest BCUT2D eigenvalue weighted by Crippen LogP contribution is 2.43. The van der Waals surface area contributed by atoms with Crippen LogP contribution in [0.5, 0.6) is 11.5 Å². The van der Waals surface area contributed by atoms with Gasteiger partial charge in [0.2, 0.25) is 19.0 Å². The van der Waals surface area contributed by atoms with Crippen molar-refractivity contribution >= 4 is 11.9 Å². The lowest BCUT2D eigenvalue weighted by molar-refractivity contribution is -0.144. The number of carbonyl (C=O) groups excluding carboxylic acids is 1. The molecule has 0 aliphatic carbocycles. The predicted octanol–water partition coefficient (Wildman–Crippen LogP) is 4.72. The van der Waals surface area contributed by atoms with E-state index >= 15 is 0 Å². The van der Waals surface area contributed by atoms with Gasteiger partial charge in [0, 0.05) is 38.0 Å². The number of rotatable bonds is 13. The number of ether oxygens (including phenoxy) is 4. The first-order valence-corrected chi connectivity index (χ1v) is 14.0. The van der Waals surface area contributed by atoms with Gasteiger partial charge in [-0.2, -0.15) is 0 Å². The third kappa shape index (κ3) is 6.37. The molecule has 0 bridgehead atoms. The number of carboxylic acid groups (broad SMARTS) is 1. The minimum absolute atomic E-state index is 0.0640. The van der Waals surface area contributed by atoms with Gasteiger partial charge in [-0.25, -0.2) is 0 Å². The lowest BCUT2D eigenvalue weighted by Gasteiger charge is -2.30. The normalized spacial score (nSPS) is 23.0. The Labute approximate surface area is 225 Å². The van der Waals surface area contributed by atoms with Crippen molar-refractivity contribution in [3.63, 3.8) is 0 Å². The molecule has 1 aromatic rings. The van der Waals surface area contributed by atoms with Crippen LogP contribution in [0.1, 0.15) is 77.7 Å². The van der Waals surface area contributed by atoms with Crippen LogP contribution in [0.25, 0.3) is 0 Å². The van der Waals surface area contributed by atoms with Gasteiger partial charge < -0.3 is 29.0 Å². The second-order valence-corrected chi connectivity index (χ2v) is 10.5. The average molecular weight is 531 g/mol. The molecule has 0 spiro atoms. The predicted molar refractivity (Wildman–Crippen MR) is 142 cm³/mol. The maximum atomic E-state index is 13.5. The fraction of sp³-hybridized carbons (Fsp3) is 0.655.